The van der Waals surface area contributed by atoms with Crippen LogP contribution in [0, 0.1) is 0 Å². The highest BCUT2D eigenvalue weighted by atomic mass is 35.5. The summed E-state index contributed by atoms with van der Waals surface area (Å²) in [6.07, 6.45) is 0. The van der Waals surface area contributed by atoms with Crippen molar-refractivity contribution in [1.82, 2.24) is 19.7 Å². The maximum Gasteiger partial charge on any atom is 0.227 e. The highest BCUT2D eigenvalue weighted by molar-refractivity contribution is 7.99. The van der Waals surface area contributed by atoms with Gasteiger partial charge >= 0.3 is 0 Å². The molecule has 0 fully saturated rings. The Morgan fingerprint density at radius 1 is 1.36 bits per heavy atom. The summed E-state index contributed by atoms with van der Waals surface area (Å²) in [5.41, 5.74) is 6.11. The first-order chi connectivity index (χ1) is 10.4. The zero-order valence-corrected chi connectivity index (χ0v) is 14.2. The second kappa shape index (κ2) is 7.13. The maximum atomic E-state index is 11.0. The number of benzene rings is 1. The van der Waals surface area contributed by atoms with E-state index in [9.17, 15) is 4.79 Å². The van der Waals surface area contributed by atoms with Gasteiger partial charge in [-0.2, -0.15) is 0 Å². The van der Waals surface area contributed by atoms with E-state index in [4.69, 9.17) is 17.3 Å². The molecule has 0 bridgehead atoms. The van der Waals surface area contributed by atoms with E-state index >= 15 is 0 Å². The van der Waals surface area contributed by atoms with Crippen LogP contribution in [-0.4, -0.2) is 45.4 Å². The Kier molecular flexibility index (Phi) is 5.44. The van der Waals surface area contributed by atoms with Gasteiger partial charge in [-0.3, -0.25) is 14.3 Å². The number of rotatable bonds is 6. The summed E-state index contributed by atoms with van der Waals surface area (Å²) in [4.78, 5) is 13.1. The number of aromatic nitrogens is 3. The Morgan fingerprint density at radius 3 is 2.55 bits per heavy atom. The fourth-order valence-corrected chi connectivity index (χ4v) is 2.67. The number of nitrogens with two attached hydrogens (primary N) is 1. The minimum Gasteiger partial charge on any atom is -0.369 e. The SMILES string of the molecule is C[C@@H](c1nnc(SCC(N)=O)n1-c1ccc(Cl)cc1)N(C)C. The standard InChI is InChI=1S/C14H18ClN5OS/c1-9(19(2)3)13-17-18-14(22-8-12(16)21)20(13)11-6-4-10(15)5-7-11/h4-7,9H,8H2,1-3H3,(H2,16,21)/t9-/m0/s1. The molecule has 0 aliphatic carbocycles. The lowest BCUT2D eigenvalue weighted by atomic mass is 10.2. The van der Waals surface area contributed by atoms with E-state index in [1.807, 2.05) is 54.8 Å². The largest absolute Gasteiger partial charge is 0.369 e. The molecule has 0 aliphatic heterocycles. The monoisotopic (exact) mass is 339 g/mol. The molecule has 22 heavy (non-hydrogen) atoms. The zero-order valence-electron chi connectivity index (χ0n) is 12.7. The van der Waals surface area contributed by atoms with Gasteiger partial charge in [0.25, 0.3) is 0 Å². The smallest absolute Gasteiger partial charge is 0.227 e. The van der Waals surface area contributed by atoms with Crippen LogP contribution in [0.3, 0.4) is 0 Å². The summed E-state index contributed by atoms with van der Waals surface area (Å²) in [5.74, 6) is 0.555. The van der Waals surface area contributed by atoms with Crippen molar-refractivity contribution in [3.05, 3.63) is 35.1 Å². The molecule has 2 N–H and O–H groups in total. The Balaban J connectivity index is 2.47. The molecule has 1 aromatic heterocycles. The molecule has 1 atom stereocenters. The van der Waals surface area contributed by atoms with Gasteiger partial charge in [-0.15, -0.1) is 10.2 Å². The van der Waals surface area contributed by atoms with Crippen molar-refractivity contribution >= 4 is 29.3 Å². The molecular formula is C14H18ClN5OS. The van der Waals surface area contributed by atoms with E-state index in [1.165, 1.54) is 11.8 Å². The van der Waals surface area contributed by atoms with Crippen LogP contribution in [0.1, 0.15) is 18.8 Å². The molecule has 0 unspecified atom stereocenters. The molecule has 1 heterocycles. The van der Waals surface area contributed by atoms with Crippen LogP contribution in [0.5, 0.6) is 0 Å². The minimum absolute atomic E-state index is 0.0612. The Bertz CT molecular complexity index is 656. The van der Waals surface area contributed by atoms with E-state index in [0.717, 1.165) is 11.5 Å². The predicted molar refractivity (Wildman–Crippen MR) is 88.4 cm³/mol. The molecular weight excluding hydrogens is 322 g/mol. The van der Waals surface area contributed by atoms with Crippen molar-refractivity contribution in [2.75, 3.05) is 19.8 Å². The molecule has 1 amide bonds. The van der Waals surface area contributed by atoms with E-state index in [2.05, 4.69) is 10.2 Å². The van der Waals surface area contributed by atoms with Gasteiger partial charge in [0.1, 0.15) is 0 Å². The van der Waals surface area contributed by atoms with Gasteiger partial charge in [0, 0.05) is 10.7 Å². The number of hydrogen-bond acceptors (Lipinski definition) is 5. The average Bonchev–Trinajstić information content (AvgIpc) is 2.88. The molecule has 2 aromatic rings. The fourth-order valence-electron chi connectivity index (χ4n) is 1.84. The summed E-state index contributed by atoms with van der Waals surface area (Å²) in [7, 11) is 3.95. The van der Waals surface area contributed by atoms with E-state index < -0.39 is 5.91 Å². The molecule has 118 valence electrons. The third-order valence-corrected chi connectivity index (χ3v) is 4.44. The second-order valence-corrected chi connectivity index (χ2v) is 6.43. The fraction of sp³-hybridized carbons (Fsp3) is 0.357. The van der Waals surface area contributed by atoms with Crippen LogP contribution in [0.2, 0.25) is 5.02 Å². The van der Waals surface area contributed by atoms with E-state index in [-0.39, 0.29) is 11.8 Å². The van der Waals surface area contributed by atoms with Gasteiger partial charge in [0.2, 0.25) is 5.91 Å². The highest BCUT2D eigenvalue weighted by Gasteiger charge is 2.21. The normalized spacial score (nSPS) is 12.6. The zero-order chi connectivity index (χ0) is 16.3. The summed E-state index contributed by atoms with van der Waals surface area (Å²) in [6, 6.07) is 7.47. The third kappa shape index (κ3) is 3.79. The van der Waals surface area contributed by atoms with E-state index in [1.54, 1.807) is 0 Å². The molecule has 0 spiro atoms. The van der Waals surface area contributed by atoms with Crippen molar-refractivity contribution in [2.45, 2.75) is 18.1 Å². The first-order valence-corrected chi connectivity index (χ1v) is 8.05. The number of halogens is 1. The topological polar surface area (TPSA) is 77.0 Å². The second-order valence-electron chi connectivity index (χ2n) is 5.05. The number of primary amides is 1. The number of carbonyl (C=O) groups is 1. The van der Waals surface area contributed by atoms with Gasteiger partial charge < -0.3 is 5.73 Å². The van der Waals surface area contributed by atoms with Crippen molar-refractivity contribution < 1.29 is 4.79 Å². The molecule has 2 rings (SSSR count). The number of nitrogens with zero attached hydrogens (tertiary/aromatic N) is 4. The lowest BCUT2D eigenvalue weighted by Crippen LogP contribution is -2.21. The minimum atomic E-state index is -0.391. The van der Waals surface area contributed by atoms with Crippen molar-refractivity contribution in [3.63, 3.8) is 0 Å². The van der Waals surface area contributed by atoms with Gasteiger partial charge in [0.15, 0.2) is 11.0 Å². The maximum absolute atomic E-state index is 11.0. The molecule has 8 heteroatoms. The predicted octanol–water partition coefficient (Wildman–Crippen LogP) is 2.12. The summed E-state index contributed by atoms with van der Waals surface area (Å²) >= 11 is 7.22. The molecule has 1 aromatic carbocycles. The van der Waals surface area contributed by atoms with Gasteiger partial charge in [-0.05, 0) is 45.3 Å². The highest BCUT2D eigenvalue weighted by Crippen LogP contribution is 2.27. The van der Waals surface area contributed by atoms with Crippen LogP contribution < -0.4 is 5.73 Å². The average molecular weight is 340 g/mol. The number of amides is 1. The van der Waals surface area contributed by atoms with Crippen molar-refractivity contribution in [3.8, 4) is 5.69 Å². The molecule has 0 saturated carbocycles. The van der Waals surface area contributed by atoms with Crippen LogP contribution in [0.25, 0.3) is 5.69 Å². The Hall–Kier alpha value is -1.57. The first kappa shape index (κ1) is 16.8. The lowest BCUT2D eigenvalue weighted by molar-refractivity contribution is -0.115. The first-order valence-electron chi connectivity index (χ1n) is 6.69. The van der Waals surface area contributed by atoms with Crippen molar-refractivity contribution in [1.29, 1.82) is 0 Å². The molecule has 6 nitrogen and oxygen atoms in total. The molecule has 0 radical (unpaired) electrons. The van der Waals surface area contributed by atoms with E-state index in [0.29, 0.717) is 10.2 Å². The van der Waals surface area contributed by atoms with Gasteiger partial charge in [0.05, 0.1) is 11.8 Å². The summed E-state index contributed by atoms with van der Waals surface area (Å²) < 4.78 is 1.93. The van der Waals surface area contributed by atoms with Crippen LogP contribution >= 0.6 is 23.4 Å². The number of thioether (sulfide) groups is 1. The molecule has 0 saturated heterocycles. The van der Waals surface area contributed by atoms with Gasteiger partial charge in [-0.1, -0.05) is 23.4 Å². The summed E-state index contributed by atoms with van der Waals surface area (Å²) in [5, 5.41) is 9.77. The number of hydrogen-bond donors (Lipinski definition) is 1. The van der Waals surface area contributed by atoms with Crippen LogP contribution in [-0.2, 0) is 4.79 Å². The lowest BCUT2D eigenvalue weighted by Gasteiger charge is -2.20. The van der Waals surface area contributed by atoms with Crippen molar-refractivity contribution in [2.24, 2.45) is 5.73 Å². The third-order valence-electron chi connectivity index (χ3n) is 3.24. The quantitative estimate of drug-likeness (QED) is 0.816. The van der Waals surface area contributed by atoms with Crippen LogP contribution in [0.15, 0.2) is 29.4 Å². The molecule has 0 aliphatic rings. The van der Waals surface area contributed by atoms with Crippen LogP contribution in [0.4, 0.5) is 0 Å². The summed E-state index contributed by atoms with van der Waals surface area (Å²) in [6.45, 7) is 2.04. The Morgan fingerprint density at radius 2 is 2.00 bits per heavy atom. The number of carbonyl (C=O) groups excluding carboxylic acids is 1. The Labute approximate surface area is 138 Å². The van der Waals surface area contributed by atoms with Gasteiger partial charge in [-0.25, -0.2) is 0 Å².